The minimum atomic E-state index is 0.480. The summed E-state index contributed by atoms with van der Waals surface area (Å²) in [7, 11) is 2.01. The normalized spacial score (nSPS) is 10.5. The maximum absolute atomic E-state index is 6.02. The molecule has 2 nitrogen and oxygen atoms in total. The van der Waals surface area contributed by atoms with Gasteiger partial charge in [0.2, 0.25) is 0 Å². The van der Waals surface area contributed by atoms with Crippen molar-refractivity contribution in [3.63, 3.8) is 0 Å². The van der Waals surface area contributed by atoms with E-state index in [9.17, 15) is 0 Å². The fourth-order valence-electron chi connectivity index (χ4n) is 1.65. The Morgan fingerprint density at radius 2 is 2.24 bits per heavy atom. The van der Waals surface area contributed by atoms with Crippen LogP contribution in [0.5, 0.6) is 0 Å². The molecule has 1 aromatic heterocycles. The maximum atomic E-state index is 6.02. The molecule has 0 saturated heterocycles. The lowest BCUT2D eigenvalue weighted by molar-refractivity contribution is 0.889. The van der Waals surface area contributed by atoms with E-state index in [1.54, 1.807) is 11.3 Å². The number of halogens is 2. The Bertz CT molecular complexity index is 485. The van der Waals surface area contributed by atoms with Gasteiger partial charge in [-0.1, -0.05) is 17.7 Å². The molecule has 90 valence electrons. The number of anilines is 1. The lowest BCUT2D eigenvalue weighted by Crippen LogP contribution is -2.18. The third-order valence-electron chi connectivity index (χ3n) is 2.49. The predicted octanol–water partition coefficient (Wildman–Crippen LogP) is 4.17. The molecule has 0 N–H and O–H groups in total. The van der Waals surface area contributed by atoms with Gasteiger partial charge < -0.3 is 4.90 Å². The first-order valence-electron chi connectivity index (χ1n) is 5.13. The summed E-state index contributed by atoms with van der Waals surface area (Å²) >= 11 is 13.5. The van der Waals surface area contributed by atoms with Crippen LogP contribution in [0, 0.1) is 0 Å². The molecule has 5 heteroatoms. The second-order valence-electron chi connectivity index (χ2n) is 3.74. The van der Waals surface area contributed by atoms with Crippen molar-refractivity contribution in [1.82, 2.24) is 4.98 Å². The molecule has 0 radical (unpaired) electrons. The van der Waals surface area contributed by atoms with Crippen LogP contribution in [0.3, 0.4) is 0 Å². The van der Waals surface area contributed by atoms with E-state index in [-0.39, 0.29) is 0 Å². The standard InChI is InChI=1S/C12H12Cl2N2S/c1-16(6-11-7-17-8-15-11)12-4-10(14)3-2-9(12)5-13/h2-4,7-8H,5-6H2,1H3. The number of nitrogens with zero attached hydrogens (tertiary/aromatic N) is 2. The van der Waals surface area contributed by atoms with Crippen molar-refractivity contribution < 1.29 is 0 Å². The van der Waals surface area contributed by atoms with Gasteiger partial charge in [-0.15, -0.1) is 22.9 Å². The summed E-state index contributed by atoms with van der Waals surface area (Å²) in [4.78, 5) is 6.38. The second kappa shape index (κ2) is 5.71. The minimum absolute atomic E-state index is 0.480. The van der Waals surface area contributed by atoms with E-state index in [2.05, 4.69) is 9.88 Å². The topological polar surface area (TPSA) is 16.1 Å². The van der Waals surface area contributed by atoms with Crippen molar-refractivity contribution in [2.24, 2.45) is 0 Å². The number of rotatable bonds is 4. The third-order valence-corrected chi connectivity index (χ3v) is 3.64. The number of hydrogen-bond acceptors (Lipinski definition) is 3. The molecule has 17 heavy (non-hydrogen) atoms. The predicted molar refractivity (Wildman–Crippen MR) is 75.2 cm³/mol. The van der Waals surface area contributed by atoms with Gasteiger partial charge in [0.15, 0.2) is 0 Å². The maximum Gasteiger partial charge on any atom is 0.0795 e. The second-order valence-corrected chi connectivity index (χ2v) is 5.16. The largest absolute Gasteiger partial charge is 0.368 e. The third kappa shape index (κ3) is 3.12. The van der Waals surface area contributed by atoms with Gasteiger partial charge in [0, 0.05) is 29.0 Å². The summed E-state index contributed by atoms with van der Waals surface area (Å²) < 4.78 is 0. The highest BCUT2D eigenvalue weighted by Gasteiger charge is 2.09. The van der Waals surface area contributed by atoms with Gasteiger partial charge in [-0.25, -0.2) is 4.98 Å². The van der Waals surface area contributed by atoms with Crippen molar-refractivity contribution in [2.75, 3.05) is 11.9 Å². The lowest BCUT2D eigenvalue weighted by Gasteiger charge is -2.21. The number of alkyl halides is 1. The van der Waals surface area contributed by atoms with Gasteiger partial charge >= 0.3 is 0 Å². The van der Waals surface area contributed by atoms with Gasteiger partial charge in [0.25, 0.3) is 0 Å². The summed E-state index contributed by atoms with van der Waals surface area (Å²) in [6, 6.07) is 5.76. The Balaban J connectivity index is 2.23. The summed E-state index contributed by atoms with van der Waals surface area (Å²) in [6.07, 6.45) is 0. The van der Waals surface area contributed by atoms with E-state index in [0.717, 1.165) is 28.5 Å². The molecule has 0 bridgehead atoms. The van der Waals surface area contributed by atoms with Gasteiger partial charge in [-0.2, -0.15) is 0 Å². The number of thiazole rings is 1. The Morgan fingerprint density at radius 1 is 1.41 bits per heavy atom. The van der Waals surface area contributed by atoms with Crippen LogP contribution in [0.2, 0.25) is 5.02 Å². The quantitative estimate of drug-likeness (QED) is 0.784. The Kier molecular flexibility index (Phi) is 4.26. The zero-order valence-electron chi connectivity index (χ0n) is 9.36. The average molecular weight is 287 g/mol. The van der Waals surface area contributed by atoms with Crippen molar-refractivity contribution >= 4 is 40.2 Å². The van der Waals surface area contributed by atoms with Crippen LogP contribution >= 0.6 is 34.5 Å². The summed E-state index contributed by atoms with van der Waals surface area (Å²) in [5, 5.41) is 2.76. The first-order chi connectivity index (χ1) is 8.20. The smallest absolute Gasteiger partial charge is 0.0795 e. The summed E-state index contributed by atoms with van der Waals surface area (Å²) in [5.74, 6) is 0.480. The molecule has 0 aliphatic rings. The fraction of sp³-hybridized carbons (Fsp3) is 0.250. The molecule has 0 spiro atoms. The number of benzene rings is 1. The van der Waals surface area contributed by atoms with Crippen molar-refractivity contribution in [3.05, 3.63) is 45.4 Å². The Hall–Kier alpha value is -0.770. The van der Waals surface area contributed by atoms with E-state index >= 15 is 0 Å². The highest BCUT2D eigenvalue weighted by atomic mass is 35.5. The molecule has 0 saturated carbocycles. The molecule has 1 heterocycles. The summed E-state index contributed by atoms with van der Waals surface area (Å²) in [6.45, 7) is 0.758. The highest BCUT2D eigenvalue weighted by molar-refractivity contribution is 7.07. The molecule has 2 rings (SSSR count). The first kappa shape index (κ1) is 12.7. The molecule has 0 unspecified atom stereocenters. The van der Waals surface area contributed by atoms with Crippen molar-refractivity contribution in [3.8, 4) is 0 Å². The highest BCUT2D eigenvalue weighted by Crippen LogP contribution is 2.26. The zero-order valence-corrected chi connectivity index (χ0v) is 11.7. The van der Waals surface area contributed by atoms with Crippen LogP contribution < -0.4 is 4.90 Å². The molecular weight excluding hydrogens is 275 g/mol. The van der Waals surface area contributed by atoms with E-state index in [1.165, 1.54) is 0 Å². The molecule has 1 aromatic carbocycles. The van der Waals surface area contributed by atoms with E-state index in [4.69, 9.17) is 23.2 Å². The number of aromatic nitrogens is 1. The van der Waals surface area contributed by atoms with Crippen LogP contribution in [0.25, 0.3) is 0 Å². The zero-order chi connectivity index (χ0) is 12.3. The molecule has 0 aliphatic heterocycles. The monoisotopic (exact) mass is 286 g/mol. The van der Waals surface area contributed by atoms with Gasteiger partial charge in [-0.05, 0) is 17.7 Å². The molecule has 0 aliphatic carbocycles. The molecule has 0 atom stereocenters. The fourth-order valence-corrected chi connectivity index (χ4v) is 2.59. The van der Waals surface area contributed by atoms with Crippen LogP contribution in [0.15, 0.2) is 29.1 Å². The van der Waals surface area contributed by atoms with E-state index < -0.39 is 0 Å². The van der Waals surface area contributed by atoms with Crippen LogP contribution in [-0.4, -0.2) is 12.0 Å². The van der Waals surface area contributed by atoms with Crippen LogP contribution in [-0.2, 0) is 12.4 Å². The van der Waals surface area contributed by atoms with Crippen LogP contribution in [0.1, 0.15) is 11.3 Å². The number of hydrogen-bond donors (Lipinski definition) is 0. The van der Waals surface area contributed by atoms with Gasteiger partial charge in [0.1, 0.15) is 0 Å². The van der Waals surface area contributed by atoms with E-state index in [0.29, 0.717) is 5.88 Å². The average Bonchev–Trinajstić information content (AvgIpc) is 2.81. The van der Waals surface area contributed by atoms with Gasteiger partial charge in [0.05, 0.1) is 17.7 Å². The SMILES string of the molecule is CN(Cc1cscn1)c1cc(Cl)ccc1CCl. The lowest BCUT2D eigenvalue weighted by atomic mass is 10.2. The minimum Gasteiger partial charge on any atom is -0.368 e. The molecule has 0 fully saturated rings. The molecular formula is C12H12Cl2N2S. The molecule has 0 amide bonds. The van der Waals surface area contributed by atoms with Gasteiger partial charge in [-0.3, -0.25) is 0 Å². The first-order valence-corrected chi connectivity index (χ1v) is 6.99. The van der Waals surface area contributed by atoms with Crippen LogP contribution in [0.4, 0.5) is 5.69 Å². The van der Waals surface area contributed by atoms with Crippen molar-refractivity contribution in [1.29, 1.82) is 0 Å². The Morgan fingerprint density at radius 3 is 2.88 bits per heavy atom. The van der Waals surface area contributed by atoms with E-state index in [1.807, 2.05) is 36.1 Å². The Labute approximate surface area is 115 Å². The summed E-state index contributed by atoms with van der Waals surface area (Å²) in [5.41, 5.74) is 5.02. The van der Waals surface area contributed by atoms with Crippen molar-refractivity contribution in [2.45, 2.75) is 12.4 Å². The molecule has 2 aromatic rings.